The van der Waals surface area contributed by atoms with Crippen LogP contribution >= 0.6 is 0 Å². The minimum Gasteiger partial charge on any atom is -0.444 e. The Hall–Kier alpha value is -3.70. The minimum atomic E-state index is -4.73. The molecule has 0 fully saturated rings. The molecule has 30 heavy (non-hydrogen) atoms. The maximum absolute atomic E-state index is 12.6. The van der Waals surface area contributed by atoms with Crippen LogP contribution in [0.4, 0.5) is 29.6 Å². The van der Waals surface area contributed by atoms with Crippen LogP contribution in [0.2, 0.25) is 0 Å². The Morgan fingerprint density at radius 2 is 2.00 bits per heavy atom. The molecule has 1 N–H and O–H groups in total. The highest BCUT2D eigenvalue weighted by Gasteiger charge is 2.38. The fraction of sp³-hybridized carbons (Fsp3) is 0.278. The van der Waals surface area contributed by atoms with Crippen molar-refractivity contribution >= 4 is 17.7 Å². The molecule has 158 valence electrons. The van der Waals surface area contributed by atoms with E-state index in [4.69, 9.17) is 4.74 Å². The third-order valence-electron chi connectivity index (χ3n) is 3.86. The number of carbonyl (C=O) groups excluding carboxylic acids is 1. The number of aryl methyl sites for hydroxylation is 1. The highest BCUT2D eigenvalue weighted by atomic mass is 19.4. The van der Waals surface area contributed by atoms with Crippen molar-refractivity contribution in [3.8, 4) is 11.4 Å². The van der Waals surface area contributed by atoms with E-state index in [0.717, 1.165) is 5.82 Å². The summed E-state index contributed by atoms with van der Waals surface area (Å²) in [6.45, 7) is 1.62. The number of carbonyl (C=O) groups is 1. The Kier molecular flexibility index (Phi) is 5.85. The standard InChI is InChI=1S/C18H17F3N6O3/c1-10-6-12(15-24-16(30-26-15)18(19,20)21)8-23-14(10)25-17(28)29-9-11-4-5-13(22-7-11)27(2)3/h4-8H,9H2,1-3H3,(H,23,25,28). The lowest BCUT2D eigenvalue weighted by molar-refractivity contribution is -0.159. The molecule has 0 saturated heterocycles. The van der Waals surface area contributed by atoms with E-state index < -0.39 is 18.2 Å². The number of nitrogens with one attached hydrogen (secondary N) is 1. The lowest BCUT2D eigenvalue weighted by atomic mass is 10.2. The summed E-state index contributed by atoms with van der Waals surface area (Å²) in [7, 11) is 3.72. The van der Waals surface area contributed by atoms with Crippen LogP contribution in [-0.4, -0.2) is 40.3 Å². The number of aromatic nitrogens is 4. The zero-order chi connectivity index (χ0) is 21.9. The van der Waals surface area contributed by atoms with Crippen LogP contribution in [0.5, 0.6) is 0 Å². The molecule has 0 spiro atoms. The van der Waals surface area contributed by atoms with E-state index in [1.54, 1.807) is 25.3 Å². The molecule has 0 atom stereocenters. The van der Waals surface area contributed by atoms with E-state index in [9.17, 15) is 18.0 Å². The summed E-state index contributed by atoms with van der Waals surface area (Å²) in [5, 5.41) is 5.77. The van der Waals surface area contributed by atoms with Gasteiger partial charge < -0.3 is 14.2 Å². The number of rotatable bonds is 5. The molecule has 3 rings (SSSR count). The smallest absolute Gasteiger partial charge is 0.444 e. The van der Waals surface area contributed by atoms with E-state index >= 15 is 0 Å². The van der Waals surface area contributed by atoms with E-state index in [1.165, 1.54) is 12.3 Å². The molecule has 12 heteroatoms. The lowest BCUT2D eigenvalue weighted by Gasteiger charge is -2.12. The average Bonchev–Trinajstić information content (AvgIpc) is 3.19. The molecule has 0 unspecified atom stereocenters. The maximum Gasteiger partial charge on any atom is 0.471 e. The Balaban J connectivity index is 1.61. The molecule has 3 aromatic rings. The molecule has 3 aromatic heterocycles. The zero-order valence-electron chi connectivity index (χ0n) is 16.2. The summed E-state index contributed by atoms with van der Waals surface area (Å²) in [5.41, 5.74) is 1.38. The summed E-state index contributed by atoms with van der Waals surface area (Å²) in [5.74, 6) is -0.758. The lowest BCUT2D eigenvalue weighted by Crippen LogP contribution is -2.15. The molecule has 0 aliphatic rings. The second kappa shape index (κ2) is 8.35. The normalized spacial score (nSPS) is 11.3. The second-order valence-electron chi connectivity index (χ2n) is 6.43. The van der Waals surface area contributed by atoms with Gasteiger partial charge in [-0.1, -0.05) is 11.2 Å². The number of alkyl halides is 3. The number of nitrogens with zero attached hydrogens (tertiary/aromatic N) is 5. The summed E-state index contributed by atoms with van der Waals surface area (Å²) >= 11 is 0. The van der Waals surface area contributed by atoms with Crippen molar-refractivity contribution < 1.29 is 27.2 Å². The number of hydrogen-bond acceptors (Lipinski definition) is 8. The van der Waals surface area contributed by atoms with Crippen molar-refractivity contribution in [2.75, 3.05) is 24.3 Å². The molecule has 0 radical (unpaired) electrons. The first-order valence-electron chi connectivity index (χ1n) is 8.57. The zero-order valence-corrected chi connectivity index (χ0v) is 16.2. The van der Waals surface area contributed by atoms with Crippen LogP contribution in [0.1, 0.15) is 17.0 Å². The molecule has 0 aliphatic heterocycles. The number of amides is 1. The van der Waals surface area contributed by atoms with Gasteiger partial charge in [-0.15, -0.1) is 0 Å². The van der Waals surface area contributed by atoms with Gasteiger partial charge in [0.25, 0.3) is 0 Å². The van der Waals surface area contributed by atoms with Gasteiger partial charge in [0.15, 0.2) is 0 Å². The van der Waals surface area contributed by atoms with Gasteiger partial charge in [0.2, 0.25) is 5.82 Å². The van der Waals surface area contributed by atoms with Gasteiger partial charge in [-0.25, -0.2) is 14.8 Å². The predicted molar refractivity (Wildman–Crippen MR) is 99.6 cm³/mol. The number of ether oxygens (including phenoxy) is 1. The van der Waals surface area contributed by atoms with Gasteiger partial charge in [-0.2, -0.15) is 18.2 Å². The highest BCUT2D eigenvalue weighted by Crippen LogP contribution is 2.29. The molecule has 0 aliphatic carbocycles. The maximum atomic E-state index is 12.6. The minimum absolute atomic E-state index is 0.00670. The largest absolute Gasteiger partial charge is 0.471 e. The Labute approximate surface area is 168 Å². The average molecular weight is 422 g/mol. The number of hydrogen-bond donors (Lipinski definition) is 1. The van der Waals surface area contributed by atoms with Gasteiger partial charge in [0.1, 0.15) is 18.2 Å². The Morgan fingerprint density at radius 1 is 1.23 bits per heavy atom. The summed E-state index contributed by atoms with van der Waals surface area (Å²) in [4.78, 5) is 25.4. The molecular weight excluding hydrogens is 405 g/mol. The van der Waals surface area contributed by atoms with Crippen LogP contribution in [0.3, 0.4) is 0 Å². The first-order chi connectivity index (χ1) is 14.1. The fourth-order valence-electron chi connectivity index (χ4n) is 2.33. The topological polar surface area (TPSA) is 106 Å². The van der Waals surface area contributed by atoms with Gasteiger partial charge in [-0.05, 0) is 24.6 Å². The van der Waals surface area contributed by atoms with Crippen molar-refractivity contribution in [1.29, 1.82) is 0 Å². The third-order valence-corrected chi connectivity index (χ3v) is 3.86. The van der Waals surface area contributed by atoms with Crippen LogP contribution < -0.4 is 10.2 Å². The quantitative estimate of drug-likeness (QED) is 0.664. The Morgan fingerprint density at radius 3 is 2.57 bits per heavy atom. The fourth-order valence-corrected chi connectivity index (χ4v) is 2.33. The number of halogens is 3. The highest BCUT2D eigenvalue weighted by molar-refractivity contribution is 5.84. The monoisotopic (exact) mass is 422 g/mol. The first kappa shape index (κ1) is 21.0. The van der Waals surface area contributed by atoms with Crippen molar-refractivity contribution in [2.45, 2.75) is 19.7 Å². The molecule has 1 amide bonds. The SMILES string of the molecule is Cc1cc(-c2noc(C(F)(F)F)n2)cnc1NC(=O)OCc1ccc(N(C)C)nc1. The van der Waals surface area contributed by atoms with E-state index in [-0.39, 0.29) is 23.8 Å². The van der Waals surface area contributed by atoms with E-state index in [2.05, 4.69) is 29.9 Å². The third kappa shape index (κ3) is 5.01. The predicted octanol–water partition coefficient (Wildman–Crippen LogP) is 3.67. The van der Waals surface area contributed by atoms with Crippen LogP contribution in [0.25, 0.3) is 11.4 Å². The van der Waals surface area contributed by atoms with Gasteiger partial charge in [0, 0.05) is 37.6 Å². The van der Waals surface area contributed by atoms with Crippen molar-refractivity contribution in [3.63, 3.8) is 0 Å². The summed E-state index contributed by atoms with van der Waals surface area (Å²) in [6, 6.07) is 5.05. The first-order valence-corrected chi connectivity index (χ1v) is 8.57. The molecule has 0 saturated carbocycles. The number of anilines is 2. The van der Waals surface area contributed by atoms with Crippen LogP contribution in [0.15, 0.2) is 35.1 Å². The Bertz CT molecular complexity index is 1030. The molecule has 3 heterocycles. The molecular formula is C18H17F3N6O3. The van der Waals surface area contributed by atoms with Crippen molar-refractivity contribution in [1.82, 2.24) is 20.1 Å². The van der Waals surface area contributed by atoms with Crippen LogP contribution in [0, 0.1) is 6.92 Å². The number of pyridine rings is 2. The second-order valence-corrected chi connectivity index (χ2v) is 6.43. The molecule has 0 bridgehead atoms. The van der Waals surface area contributed by atoms with Gasteiger partial charge in [0.05, 0.1) is 0 Å². The van der Waals surface area contributed by atoms with Crippen molar-refractivity contribution in [2.24, 2.45) is 0 Å². The van der Waals surface area contributed by atoms with Gasteiger partial charge >= 0.3 is 18.2 Å². The molecule has 9 nitrogen and oxygen atoms in total. The summed E-state index contributed by atoms with van der Waals surface area (Å²) in [6.07, 6.45) is -2.66. The molecule has 0 aromatic carbocycles. The van der Waals surface area contributed by atoms with E-state index in [1.807, 2.05) is 19.0 Å². The van der Waals surface area contributed by atoms with Gasteiger partial charge in [-0.3, -0.25) is 5.32 Å². The summed E-state index contributed by atoms with van der Waals surface area (Å²) < 4.78 is 47.1. The van der Waals surface area contributed by atoms with E-state index in [0.29, 0.717) is 11.1 Å². The van der Waals surface area contributed by atoms with Crippen LogP contribution in [-0.2, 0) is 17.5 Å². The van der Waals surface area contributed by atoms with Crippen molar-refractivity contribution in [3.05, 3.63) is 47.6 Å².